The van der Waals surface area contributed by atoms with Gasteiger partial charge in [-0.2, -0.15) is 0 Å². The number of rotatable bonds is 1. The first-order chi connectivity index (χ1) is 7.16. The molecule has 0 radical (unpaired) electrons. The largest absolute Gasteiger partial charge is 0.399 e. The van der Waals surface area contributed by atoms with E-state index in [0.717, 1.165) is 16.5 Å². The van der Waals surface area contributed by atoms with Gasteiger partial charge in [0.2, 0.25) is 5.91 Å². The average molecular weight is 200 g/mol. The second kappa shape index (κ2) is 3.61. The van der Waals surface area contributed by atoms with Crippen molar-refractivity contribution in [3.8, 4) is 0 Å². The average Bonchev–Trinajstić information content (AvgIpc) is 2.18. The summed E-state index contributed by atoms with van der Waals surface area (Å²) in [6, 6.07) is 11.4. The summed E-state index contributed by atoms with van der Waals surface area (Å²) in [4.78, 5) is 11.0. The van der Waals surface area contributed by atoms with Crippen LogP contribution in [0, 0.1) is 0 Å². The number of nitrogens with one attached hydrogen (secondary N) is 1. The van der Waals surface area contributed by atoms with Crippen molar-refractivity contribution in [1.82, 2.24) is 0 Å². The highest BCUT2D eigenvalue weighted by molar-refractivity contribution is 6.02. The van der Waals surface area contributed by atoms with Gasteiger partial charge in [-0.15, -0.1) is 0 Å². The van der Waals surface area contributed by atoms with Gasteiger partial charge in [-0.3, -0.25) is 4.79 Å². The maximum atomic E-state index is 11.0. The highest BCUT2D eigenvalue weighted by Crippen LogP contribution is 2.25. The van der Waals surface area contributed by atoms with Crippen LogP contribution < -0.4 is 11.1 Å². The summed E-state index contributed by atoms with van der Waals surface area (Å²) < 4.78 is 0. The van der Waals surface area contributed by atoms with Crippen molar-refractivity contribution in [2.45, 2.75) is 6.92 Å². The molecule has 0 spiro atoms. The third-order valence-corrected chi connectivity index (χ3v) is 2.22. The number of anilines is 2. The molecule has 3 N–H and O–H groups in total. The number of hydrogen-bond acceptors (Lipinski definition) is 2. The Morgan fingerprint density at radius 3 is 2.80 bits per heavy atom. The Bertz CT molecular complexity index is 520. The minimum atomic E-state index is -0.0788. The zero-order valence-corrected chi connectivity index (χ0v) is 8.45. The molecule has 0 aliphatic carbocycles. The lowest BCUT2D eigenvalue weighted by atomic mass is 10.1. The summed E-state index contributed by atoms with van der Waals surface area (Å²) in [7, 11) is 0. The van der Waals surface area contributed by atoms with Crippen molar-refractivity contribution in [2.24, 2.45) is 0 Å². The van der Waals surface area contributed by atoms with Crippen LogP contribution in [0.1, 0.15) is 6.92 Å². The van der Waals surface area contributed by atoms with E-state index in [0.29, 0.717) is 5.69 Å². The van der Waals surface area contributed by atoms with Crippen LogP contribution >= 0.6 is 0 Å². The fourth-order valence-electron chi connectivity index (χ4n) is 1.59. The molecular weight excluding hydrogens is 188 g/mol. The van der Waals surface area contributed by atoms with E-state index in [1.165, 1.54) is 6.92 Å². The minimum absolute atomic E-state index is 0.0788. The summed E-state index contributed by atoms with van der Waals surface area (Å²) in [6.45, 7) is 1.49. The van der Waals surface area contributed by atoms with Crippen molar-refractivity contribution >= 4 is 28.1 Å². The van der Waals surface area contributed by atoms with Crippen LogP contribution in [0.3, 0.4) is 0 Å². The highest BCUT2D eigenvalue weighted by Gasteiger charge is 2.02. The maximum Gasteiger partial charge on any atom is 0.221 e. The Hall–Kier alpha value is -2.03. The van der Waals surface area contributed by atoms with Gasteiger partial charge in [0.15, 0.2) is 0 Å². The fourth-order valence-corrected chi connectivity index (χ4v) is 1.59. The number of nitrogen functional groups attached to an aromatic ring is 1. The Morgan fingerprint density at radius 2 is 2.07 bits per heavy atom. The molecule has 0 atom stereocenters. The number of amides is 1. The zero-order valence-electron chi connectivity index (χ0n) is 8.45. The van der Waals surface area contributed by atoms with Crippen LogP contribution in [0.4, 0.5) is 11.4 Å². The summed E-state index contributed by atoms with van der Waals surface area (Å²) in [5.41, 5.74) is 7.20. The molecule has 0 aromatic heterocycles. The van der Waals surface area contributed by atoms with Crippen LogP contribution in [0.25, 0.3) is 10.8 Å². The van der Waals surface area contributed by atoms with Crippen molar-refractivity contribution < 1.29 is 4.79 Å². The van der Waals surface area contributed by atoms with Gasteiger partial charge in [-0.1, -0.05) is 18.2 Å². The third kappa shape index (κ3) is 1.91. The molecule has 0 saturated carbocycles. The number of carbonyl (C=O) groups is 1. The second-order valence-corrected chi connectivity index (χ2v) is 3.47. The molecular formula is C12H12N2O. The minimum Gasteiger partial charge on any atom is -0.399 e. The quantitative estimate of drug-likeness (QED) is 0.694. The molecule has 0 fully saturated rings. The van der Waals surface area contributed by atoms with Gasteiger partial charge in [-0.25, -0.2) is 0 Å². The van der Waals surface area contributed by atoms with E-state index < -0.39 is 0 Å². The van der Waals surface area contributed by atoms with Gasteiger partial charge >= 0.3 is 0 Å². The monoisotopic (exact) mass is 200 g/mol. The molecule has 3 heteroatoms. The Balaban J connectivity index is 2.63. The van der Waals surface area contributed by atoms with Gasteiger partial charge in [0.1, 0.15) is 0 Å². The van der Waals surface area contributed by atoms with Gasteiger partial charge in [0.05, 0.1) is 0 Å². The standard InChI is InChI=1S/C12H12N2O/c1-8(15)14-12-4-2-3-9-5-6-10(13)7-11(9)12/h2-7H,13H2,1H3,(H,14,15). The number of benzene rings is 2. The fraction of sp³-hybridized carbons (Fsp3) is 0.0833. The van der Waals surface area contributed by atoms with E-state index in [2.05, 4.69) is 5.32 Å². The van der Waals surface area contributed by atoms with Gasteiger partial charge < -0.3 is 11.1 Å². The molecule has 0 bridgehead atoms. The molecule has 0 unspecified atom stereocenters. The van der Waals surface area contributed by atoms with Crippen LogP contribution in [-0.4, -0.2) is 5.91 Å². The summed E-state index contributed by atoms with van der Waals surface area (Å²) in [5.74, 6) is -0.0788. The molecule has 0 heterocycles. The van der Waals surface area contributed by atoms with Crippen LogP contribution in [0.15, 0.2) is 36.4 Å². The molecule has 3 nitrogen and oxygen atoms in total. The number of hydrogen-bond donors (Lipinski definition) is 2. The predicted molar refractivity (Wildman–Crippen MR) is 62.7 cm³/mol. The molecule has 1 amide bonds. The normalized spacial score (nSPS) is 10.2. The Morgan fingerprint density at radius 1 is 1.27 bits per heavy atom. The molecule has 2 rings (SSSR count). The molecule has 0 aliphatic rings. The Kier molecular flexibility index (Phi) is 2.29. The smallest absolute Gasteiger partial charge is 0.221 e. The number of nitrogens with two attached hydrogens (primary N) is 1. The van der Waals surface area contributed by atoms with Crippen molar-refractivity contribution in [3.05, 3.63) is 36.4 Å². The molecule has 2 aromatic carbocycles. The van der Waals surface area contributed by atoms with E-state index in [4.69, 9.17) is 5.73 Å². The van der Waals surface area contributed by atoms with Gasteiger partial charge in [-0.05, 0) is 23.6 Å². The van der Waals surface area contributed by atoms with E-state index in [9.17, 15) is 4.79 Å². The zero-order chi connectivity index (χ0) is 10.8. The lowest BCUT2D eigenvalue weighted by Gasteiger charge is -2.07. The highest BCUT2D eigenvalue weighted by atomic mass is 16.1. The first-order valence-electron chi connectivity index (χ1n) is 4.72. The molecule has 2 aromatic rings. The van der Waals surface area contributed by atoms with Crippen molar-refractivity contribution in [3.63, 3.8) is 0 Å². The first-order valence-corrected chi connectivity index (χ1v) is 4.72. The first kappa shape index (κ1) is 9.52. The van der Waals surface area contributed by atoms with Gasteiger partial charge in [0, 0.05) is 23.7 Å². The summed E-state index contributed by atoms with van der Waals surface area (Å²) in [6.07, 6.45) is 0. The van der Waals surface area contributed by atoms with Gasteiger partial charge in [0.25, 0.3) is 0 Å². The lowest BCUT2D eigenvalue weighted by Crippen LogP contribution is -2.06. The van der Waals surface area contributed by atoms with Crippen LogP contribution in [0.2, 0.25) is 0 Å². The third-order valence-electron chi connectivity index (χ3n) is 2.22. The van der Waals surface area contributed by atoms with E-state index in [1.54, 1.807) is 0 Å². The Labute approximate surface area is 87.9 Å². The topological polar surface area (TPSA) is 55.1 Å². The summed E-state index contributed by atoms with van der Waals surface area (Å²) in [5, 5.41) is 4.81. The van der Waals surface area contributed by atoms with Crippen LogP contribution in [0.5, 0.6) is 0 Å². The SMILES string of the molecule is CC(=O)Nc1cccc2ccc(N)cc12. The van der Waals surface area contributed by atoms with E-state index >= 15 is 0 Å². The van der Waals surface area contributed by atoms with E-state index in [-0.39, 0.29) is 5.91 Å². The molecule has 0 saturated heterocycles. The summed E-state index contributed by atoms with van der Waals surface area (Å²) >= 11 is 0. The lowest BCUT2D eigenvalue weighted by molar-refractivity contribution is -0.114. The number of carbonyl (C=O) groups excluding carboxylic acids is 1. The number of fused-ring (bicyclic) bond motifs is 1. The molecule has 76 valence electrons. The maximum absolute atomic E-state index is 11.0. The second-order valence-electron chi connectivity index (χ2n) is 3.47. The van der Waals surface area contributed by atoms with Crippen molar-refractivity contribution in [2.75, 3.05) is 11.1 Å². The predicted octanol–water partition coefficient (Wildman–Crippen LogP) is 2.38. The van der Waals surface area contributed by atoms with Crippen molar-refractivity contribution in [1.29, 1.82) is 0 Å². The van der Waals surface area contributed by atoms with Crippen LogP contribution in [-0.2, 0) is 4.79 Å². The van der Waals surface area contributed by atoms with E-state index in [1.807, 2.05) is 36.4 Å². The molecule has 0 aliphatic heterocycles. The molecule has 15 heavy (non-hydrogen) atoms.